The number of aromatic hydroxyl groups is 1. The van der Waals surface area contributed by atoms with Gasteiger partial charge in [0.2, 0.25) is 0 Å². The molecule has 0 radical (unpaired) electrons. The minimum Gasteiger partial charge on any atom is -0.508 e. The predicted molar refractivity (Wildman–Crippen MR) is 61.2 cm³/mol. The fourth-order valence-electron chi connectivity index (χ4n) is 1.36. The number of hydrogen-bond donors (Lipinski definition) is 2. The van der Waals surface area contributed by atoms with E-state index in [1.54, 1.807) is 12.1 Å². The summed E-state index contributed by atoms with van der Waals surface area (Å²) < 4.78 is 0. The van der Waals surface area contributed by atoms with E-state index in [9.17, 15) is 4.79 Å². The molecule has 0 bridgehead atoms. The molecule has 0 amide bonds. The van der Waals surface area contributed by atoms with Crippen LogP contribution in [0, 0.1) is 11.8 Å². The van der Waals surface area contributed by atoms with Gasteiger partial charge >= 0.3 is 5.97 Å². The molecule has 1 unspecified atom stereocenters. The molecule has 0 aromatic heterocycles. The molecule has 0 aliphatic rings. The van der Waals surface area contributed by atoms with Crippen LogP contribution in [-0.2, 0) is 4.79 Å². The van der Waals surface area contributed by atoms with Gasteiger partial charge in [-0.05, 0) is 17.7 Å². The molecule has 1 atom stereocenters. The van der Waals surface area contributed by atoms with E-state index < -0.39 is 5.97 Å². The van der Waals surface area contributed by atoms with Crippen LogP contribution < -0.4 is 0 Å². The molecule has 3 nitrogen and oxygen atoms in total. The molecule has 1 aromatic rings. The Morgan fingerprint density at radius 1 is 1.38 bits per heavy atom. The smallest absolute Gasteiger partial charge is 0.304 e. The van der Waals surface area contributed by atoms with Crippen LogP contribution in [0.5, 0.6) is 5.75 Å². The molecule has 1 aromatic carbocycles. The fraction of sp³-hybridized carbons (Fsp3) is 0.308. The number of carboxylic acids is 1. The number of phenols is 1. The van der Waals surface area contributed by atoms with Crippen molar-refractivity contribution in [2.24, 2.45) is 0 Å². The Labute approximate surface area is 94.7 Å². The monoisotopic (exact) mass is 218 g/mol. The first-order chi connectivity index (χ1) is 7.63. The highest BCUT2D eigenvalue weighted by atomic mass is 16.4. The third-order valence-corrected chi connectivity index (χ3v) is 2.13. The van der Waals surface area contributed by atoms with E-state index in [0.29, 0.717) is 6.42 Å². The van der Waals surface area contributed by atoms with Crippen molar-refractivity contribution in [3.63, 3.8) is 0 Å². The first-order valence-corrected chi connectivity index (χ1v) is 5.12. The zero-order valence-electron chi connectivity index (χ0n) is 9.10. The van der Waals surface area contributed by atoms with Crippen LogP contribution in [0.1, 0.15) is 31.2 Å². The number of carbonyl (C=O) groups is 1. The summed E-state index contributed by atoms with van der Waals surface area (Å²) in [4.78, 5) is 10.7. The van der Waals surface area contributed by atoms with Gasteiger partial charge in [0, 0.05) is 6.42 Å². The molecule has 0 saturated carbocycles. The van der Waals surface area contributed by atoms with Crippen LogP contribution in [-0.4, -0.2) is 16.2 Å². The number of hydrogen-bond acceptors (Lipinski definition) is 2. The second-order valence-corrected chi connectivity index (χ2v) is 3.42. The molecule has 1 rings (SSSR count). The third kappa shape index (κ3) is 3.66. The highest BCUT2D eigenvalue weighted by molar-refractivity contribution is 5.69. The number of rotatable bonds is 3. The number of carboxylic acid groups (broad SMARTS) is 1. The largest absolute Gasteiger partial charge is 0.508 e. The lowest BCUT2D eigenvalue weighted by atomic mass is 9.96. The van der Waals surface area contributed by atoms with Gasteiger partial charge in [-0.25, -0.2) is 0 Å². The van der Waals surface area contributed by atoms with Gasteiger partial charge in [0.15, 0.2) is 0 Å². The second kappa shape index (κ2) is 5.82. The van der Waals surface area contributed by atoms with Crippen molar-refractivity contribution in [3.05, 3.63) is 29.8 Å². The van der Waals surface area contributed by atoms with Crippen LogP contribution in [0.2, 0.25) is 0 Å². The van der Waals surface area contributed by atoms with E-state index in [-0.39, 0.29) is 18.1 Å². The first-order valence-electron chi connectivity index (χ1n) is 5.12. The molecular weight excluding hydrogens is 204 g/mol. The lowest BCUT2D eigenvalue weighted by Gasteiger charge is -2.08. The van der Waals surface area contributed by atoms with Crippen molar-refractivity contribution in [1.82, 2.24) is 0 Å². The van der Waals surface area contributed by atoms with Gasteiger partial charge in [0.05, 0.1) is 12.3 Å². The molecule has 2 N–H and O–H groups in total. The average molecular weight is 218 g/mol. The van der Waals surface area contributed by atoms with Gasteiger partial charge in [0.1, 0.15) is 5.75 Å². The maximum atomic E-state index is 10.7. The molecular formula is C13H14O3. The lowest BCUT2D eigenvalue weighted by molar-refractivity contribution is -0.137. The normalized spacial score (nSPS) is 11.3. The Morgan fingerprint density at radius 2 is 2.00 bits per heavy atom. The molecule has 0 heterocycles. The van der Waals surface area contributed by atoms with E-state index in [1.165, 1.54) is 12.1 Å². The Balaban J connectivity index is 2.91. The highest BCUT2D eigenvalue weighted by Crippen LogP contribution is 2.21. The van der Waals surface area contributed by atoms with Crippen molar-refractivity contribution >= 4 is 5.97 Å². The Hall–Kier alpha value is -1.95. The SMILES string of the molecule is CCC#CC(CC(=O)O)c1ccc(O)cc1. The van der Waals surface area contributed by atoms with Crippen molar-refractivity contribution < 1.29 is 15.0 Å². The second-order valence-electron chi connectivity index (χ2n) is 3.42. The summed E-state index contributed by atoms with van der Waals surface area (Å²) in [6.45, 7) is 1.92. The van der Waals surface area contributed by atoms with E-state index >= 15 is 0 Å². The summed E-state index contributed by atoms with van der Waals surface area (Å²) in [6, 6.07) is 6.48. The van der Waals surface area contributed by atoms with E-state index in [0.717, 1.165) is 5.56 Å². The van der Waals surface area contributed by atoms with Gasteiger partial charge in [-0.3, -0.25) is 4.79 Å². The highest BCUT2D eigenvalue weighted by Gasteiger charge is 2.12. The van der Waals surface area contributed by atoms with Crippen LogP contribution >= 0.6 is 0 Å². The van der Waals surface area contributed by atoms with Crippen LogP contribution in [0.15, 0.2) is 24.3 Å². The van der Waals surface area contributed by atoms with Gasteiger partial charge in [-0.15, -0.1) is 5.92 Å². The first kappa shape index (κ1) is 12.1. The Morgan fingerprint density at radius 3 is 2.50 bits per heavy atom. The predicted octanol–water partition coefficient (Wildman–Crippen LogP) is 2.36. The zero-order chi connectivity index (χ0) is 12.0. The quantitative estimate of drug-likeness (QED) is 0.766. The molecule has 0 spiro atoms. The average Bonchev–Trinajstić information content (AvgIpc) is 2.25. The maximum absolute atomic E-state index is 10.7. The maximum Gasteiger partial charge on any atom is 0.304 e. The van der Waals surface area contributed by atoms with Crippen molar-refractivity contribution in [1.29, 1.82) is 0 Å². The Bertz CT molecular complexity index is 409. The summed E-state index contributed by atoms with van der Waals surface area (Å²) in [7, 11) is 0. The fourth-order valence-corrected chi connectivity index (χ4v) is 1.36. The molecule has 0 saturated heterocycles. The van der Waals surface area contributed by atoms with Crippen molar-refractivity contribution in [2.45, 2.75) is 25.7 Å². The third-order valence-electron chi connectivity index (χ3n) is 2.13. The summed E-state index contributed by atoms with van der Waals surface area (Å²) in [6.07, 6.45) is 0.686. The van der Waals surface area contributed by atoms with E-state index in [4.69, 9.17) is 10.2 Å². The molecule has 84 valence electrons. The van der Waals surface area contributed by atoms with E-state index in [2.05, 4.69) is 11.8 Å². The number of phenolic OH excluding ortho intramolecular Hbond substituents is 1. The standard InChI is InChI=1S/C13H14O3/c1-2-3-4-11(9-13(15)16)10-5-7-12(14)8-6-10/h5-8,11,14H,2,9H2,1H3,(H,15,16). The minimum absolute atomic E-state index is 0.0161. The van der Waals surface area contributed by atoms with Crippen LogP contribution in [0.25, 0.3) is 0 Å². The van der Waals surface area contributed by atoms with Crippen LogP contribution in [0.3, 0.4) is 0 Å². The topological polar surface area (TPSA) is 57.5 Å². The summed E-state index contributed by atoms with van der Waals surface area (Å²) >= 11 is 0. The van der Waals surface area contributed by atoms with Gasteiger partial charge in [-0.1, -0.05) is 25.0 Å². The van der Waals surface area contributed by atoms with Crippen molar-refractivity contribution in [3.8, 4) is 17.6 Å². The van der Waals surface area contributed by atoms with Crippen molar-refractivity contribution in [2.75, 3.05) is 0 Å². The number of aliphatic carboxylic acids is 1. The van der Waals surface area contributed by atoms with Crippen LogP contribution in [0.4, 0.5) is 0 Å². The Kier molecular flexibility index (Phi) is 4.41. The lowest BCUT2D eigenvalue weighted by Crippen LogP contribution is -2.04. The molecule has 3 heteroatoms. The van der Waals surface area contributed by atoms with Gasteiger partial charge in [0.25, 0.3) is 0 Å². The minimum atomic E-state index is -0.872. The summed E-state index contributed by atoms with van der Waals surface area (Å²) in [5.74, 6) is 4.80. The van der Waals surface area contributed by atoms with E-state index in [1.807, 2.05) is 6.92 Å². The van der Waals surface area contributed by atoms with Gasteiger partial charge in [-0.2, -0.15) is 0 Å². The molecule has 0 fully saturated rings. The summed E-state index contributed by atoms with van der Waals surface area (Å²) in [5.41, 5.74) is 0.821. The molecule has 0 aliphatic heterocycles. The molecule has 16 heavy (non-hydrogen) atoms. The zero-order valence-corrected chi connectivity index (χ0v) is 9.10. The summed E-state index contributed by atoms with van der Waals surface area (Å²) in [5, 5.41) is 17.9. The number of benzene rings is 1. The van der Waals surface area contributed by atoms with Gasteiger partial charge < -0.3 is 10.2 Å². The molecule has 0 aliphatic carbocycles.